The molecule has 0 N–H and O–H groups in total. The first kappa shape index (κ1) is 11.2. The fourth-order valence-corrected chi connectivity index (χ4v) is 2.42. The zero-order valence-electron chi connectivity index (χ0n) is 10.8. The van der Waals surface area contributed by atoms with Crippen molar-refractivity contribution in [1.82, 2.24) is 9.99 Å². The summed E-state index contributed by atoms with van der Waals surface area (Å²) in [4.78, 5) is 4.07. The highest BCUT2D eigenvalue weighted by Crippen LogP contribution is 2.30. The molecule has 1 aliphatic heterocycles. The van der Waals surface area contributed by atoms with Crippen molar-refractivity contribution in [3.8, 4) is 11.1 Å². The van der Waals surface area contributed by atoms with Crippen molar-refractivity contribution in [2.24, 2.45) is 0 Å². The van der Waals surface area contributed by atoms with Gasteiger partial charge < -0.3 is 5.01 Å². The minimum absolute atomic E-state index is 1.08. The first-order valence-electron chi connectivity index (χ1n) is 6.24. The second kappa shape index (κ2) is 4.42. The van der Waals surface area contributed by atoms with Crippen LogP contribution in [0.4, 0.5) is 5.69 Å². The summed E-state index contributed by atoms with van der Waals surface area (Å²) in [5, 5.41) is 4.47. The van der Waals surface area contributed by atoms with E-state index in [1.807, 2.05) is 24.5 Å². The van der Waals surface area contributed by atoms with Gasteiger partial charge in [0.1, 0.15) is 0 Å². The average molecular weight is 239 g/mol. The Kier molecular flexibility index (Phi) is 2.76. The summed E-state index contributed by atoms with van der Waals surface area (Å²) >= 11 is 0. The monoisotopic (exact) mass is 239 g/mol. The Hall–Kier alpha value is -1.87. The van der Waals surface area contributed by atoms with Gasteiger partial charge in [0, 0.05) is 33.0 Å². The van der Waals surface area contributed by atoms with Crippen molar-refractivity contribution in [3.63, 3.8) is 0 Å². The fourth-order valence-electron chi connectivity index (χ4n) is 2.42. The second-order valence-electron chi connectivity index (χ2n) is 4.73. The number of hydrogen-bond donors (Lipinski definition) is 0. The minimum Gasteiger partial charge on any atom is -0.309 e. The molecule has 2 heterocycles. The van der Waals surface area contributed by atoms with Crippen molar-refractivity contribution >= 4 is 5.69 Å². The van der Waals surface area contributed by atoms with Gasteiger partial charge in [-0.1, -0.05) is 12.1 Å². The standard InChI is InChI=1S/C15H17N3/c1-17-10-7-13-3-4-14(11-15(13)18(17)2)12-5-8-16-9-6-12/h3-6,8-9,11H,7,10H2,1-2H3. The Balaban J connectivity index is 2.05. The summed E-state index contributed by atoms with van der Waals surface area (Å²) in [6.07, 6.45) is 4.79. The summed E-state index contributed by atoms with van der Waals surface area (Å²) < 4.78 is 0. The minimum atomic E-state index is 1.08. The van der Waals surface area contributed by atoms with Gasteiger partial charge in [0.15, 0.2) is 0 Å². The summed E-state index contributed by atoms with van der Waals surface area (Å²) in [5.74, 6) is 0. The number of benzene rings is 1. The van der Waals surface area contributed by atoms with Gasteiger partial charge in [-0.05, 0) is 41.3 Å². The van der Waals surface area contributed by atoms with E-state index in [1.165, 1.54) is 22.4 Å². The molecule has 0 atom stereocenters. The predicted molar refractivity (Wildman–Crippen MR) is 74.4 cm³/mol. The number of aromatic nitrogens is 1. The molecule has 1 aromatic heterocycles. The third kappa shape index (κ3) is 1.87. The Labute approximate surface area is 108 Å². The molecule has 18 heavy (non-hydrogen) atoms. The molecular weight excluding hydrogens is 222 g/mol. The number of pyridine rings is 1. The largest absolute Gasteiger partial charge is 0.309 e. The number of hydrogen-bond acceptors (Lipinski definition) is 3. The van der Waals surface area contributed by atoms with Crippen molar-refractivity contribution in [2.45, 2.75) is 6.42 Å². The van der Waals surface area contributed by atoms with Crippen molar-refractivity contribution in [1.29, 1.82) is 0 Å². The number of nitrogens with zero attached hydrogens (tertiary/aromatic N) is 3. The number of rotatable bonds is 1. The molecule has 0 radical (unpaired) electrons. The SMILES string of the molecule is CN1CCc2ccc(-c3ccncc3)cc2N1C. The smallest absolute Gasteiger partial charge is 0.0557 e. The van der Waals surface area contributed by atoms with Crippen LogP contribution in [0.3, 0.4) is 0 Å². The molecule has 1 aromatic carbocycles. The molecule has 0 unspecified atom stereocenters. The number of likely N-dealkylation sites (N-methyl/N-ethyl adjacent to an activating group) is 1. The Morgan fingerprint density at radius 1 is 1.00 bits per heavy atom. The molecule has 3 nitrogen and oxygen atoms in total. The van der Waals surface area contributed by atoms with E-state index >= 15 is 0 Å². The van der Waals surface area contributed by atoms with E-state index in [4.69, 9.17) is 0 Å². The van der Waals surface area contributed by atoms with Crippen molar-refractivity contribution < 1.29 is 0 Å². The summed E-state index contributed by atoms with van der Waals surface area (Å²) in [5.41, 5.74) is 5.19. The fraction of sp³-hybridized carbons (Fsp3) is 0.267. The normalized spacial score (nSPS) is 15.6. The van der Waals surface area contributed by atoms with Crippen molar-refractivity contribution in [2.75, 3.05) is 25.6 Å². The molecule has 0 fully saturated rings. The maximum atomic E-state index is 4.07. The van der Waals surface area contributed by atoms with Crippen LogP contribution in [0.15, 0.2) is 42.7 Å². The topological polar surface area (TPSA) is 19.4 Å². The van der Waals surface area contributed by atoms with E-state index in [-0.39, 0.29) is 0 Å². The highest BCUT2D eigenvalue weighted by Gasteiger charge is 2.18. The van der Waals surface area contributed by atoms with Gasteiger partial charge in [0.2, 0.25) is 0 Å². The lowest BCUT2D eigenvalue weighted by atomic mass is 10.0. The molecule has 0 saturated carbocycles. The van der Waals surface area contributed by atoms with Crippen LogP contribution < -0.4 is 5.01 Å². The van der Waals surface area contributed by atoms with Gasteiger partial charge in [0.25, 0.3) is 0 Å². The maximum Gasteiger partial charge on any atom is 0.0557 e. The third-order valence-electron chi connectivity index (χ3n) is 3.66. The van der Waals surface area contributed by atoms with Gasteiger partial charge in [-0.2, -0.15) is 0 Å². The first-order valence-corrected chi connectivity index (χ1v) is 6.24. The molecule has 3 rings (SSSR count). The van der Waals surface area contributed by atoms with Crippen LogP contribution in [-0.2, 0) is 6.42 Å². The van der Waals surface area contributed by atoms with Gasteiger partial charge in [-0.3, -0.25) is 4.98 Å². The molecule has 2 aromatic rings. The zero-order valence-corrected chi connectivity index (χ0v) is 10.8. The van der Waals surface area contributed by atoms with E-state index in [9.17, 15) is 0 Å². The zero-order chi connectivity index (χ0) is 12.5. The van der Waals surface area contributed by atoms with Crippen molar-refractivity contribution in [3.05, 3.63) is 48.3 Å². The van der Waals surface area contributed by atoms with Gasteiger partial charge >= 0.3 is 0 Å². The summed E-state index contributed by atoms with van der Waals surface area (Å²) in [6.45, 7) is 1.08. The first-order chi connectivity index (χ1) is 8.75. The van der Waals surface area contributed by atoms with Crippen LogP contribution in [0.5, 0.6) is 0 Å². The lowest BCUT2D eigenvalue weighted by Crippen LogP contribution is -2.41. The second-order valence-corrected chi connectivity index (χ2v) is 4.73. The third-order valence-corrected chi connectivity index (χ3v) is 3.66. The molecule has 92 valence electrons. The van der Waals surface area contributed by atoms with E-state index in [0.717, 1.165) is 13.0 Å². The highest BCUT2D eigenvalue weighted by atomic mass is 15.6. The van der Waals surface area contributed by atoms with E-state index < -0.39 is 0 Å². The van der Waals surface area contributed by atoms with E-state index in [2.05, 4.69) is 47.3 Å². The lowest BCUT2D eigenvalue weighted by Gasteiger charge is -2.36. The van der Waals surface area contributed by atoms with Crippen LogP contribution in [0.25, 0.3) is 11.1 Å². The van der Waals surface area contributed by atoms with Gasteiger partial charge in [-0.25, -0.2) is 5.01 Å². The van der Waals surface area contributed by atoms with Crippen LogP contribution >= 0.6 is 0 Å². The Bertz CT molecular complexity index is 551. The molecule has 0 aliphatic carbocycles. The van der Waals surface area contributed by atoms with Gasteiger partial charge in [0.05, 0.1) is 5.69 Å². The molecular formula is C15H17N3. The van der Waals surface area contributed by atoms with Crippen LogP contribution in [0.2, 0.25) is 0 Å². The van der Waals surface area contributed by atoms with E-state index in [1.54, 1.807) is 0 Å². The molecule has 0 spiro atoms. The molecule has 0 bridgehead atoms. The quantitative estimate of drug-likeness (QED) is 0.762. The molecule has 0 amide bonds. The summed E-state index contributed by atoms with van der Waals surface area (Å²) in [7, 11) is 4.25. The lowest BCUT2D eigenvalue weighted by molar-refractivity contribution is 0.314. The van der Waals surface area contributed by atoms with Gasteiger partial charge in [-0.15, -0.1) is 0 Å². The number of anilines is 1. The average Bonchev–Trinajstić information content (AvgIpc) is 2.44. The number of hydrazine groups is 1. The van der Waals surface area contributed by atoms with E-state index in [0.29, 0.717) is 0 Å². The van der Waals surface area contributed by atoms with Crippen LogP contribution in [-0.4, -0.2) is 30.6 Å². The molecule has 0 saturated heterocycles. The summed E-state index contributed by atoms with van der Waals surface area (Å²) in [6, 6.07) is 10.8. The van der Waals surface area contributed by atoms with Crippen LogP contribution in [0, 0.1) is 0 Å². The highest BCUT2D eigenvalue weighted by molar-refractivity contribution is 5.70. The number of fused-ring (bicyclic) bond motifs is 1. The Morgan fingerprint density at radius 2 is 1.78 bits per heavy atom. The van der Waals surface area contributed by atoms with Crippen LogP contribution in [0.1, 0.15) is 5.56 Å². The Morgan fingerprint density at radius 3 is 2.56 bits per heavy atom. The maximum absolute atomic E-state index is 4.07. The molecule has 1 aliphatic rings. The molecule has 3 heteroatoms. The predicted octanol–water partition coefficient (Wildman–Crippen LogP) is 2.59.